The van der Waals surface area contributed by atoms with Crippen LogP contribution in [0.5, 0.6) is 11.5 Å². The van der Waals surface area contributed by atoms with Crippen molar-refractivity contribution in [3.8, 4) is 11.5 Å². The SMILES string of the molecule is c1ccc2c(c1)CC(c1ccc(OCC3CO3)cc1)(c1ccc(OCC3CO3)cc1)C2. The molecule has 0 amide bonds. The molecule has 2 atom stereocenters. The summed E-state index contributed by atoms with van der Waals surface area (Å²) in [5, 5.41) is 0. The molecular weight excluding hydrogens is 388 g/mol. The lowest BCUT2D eigenvalue weighted by atomic mass is 9.72. The van der Waals surface area contributed by atoms with E-state index in [1.54, 1.807) is 0 Å². The zero-order chi connectivity index (χ0) is 20.7. The van der Waals surface area contributed by atoms with Crippen LogP contribution in [-0.2, 0) is 27.7 Å². The summed E-state index contributed by atoms with van der Waals surface area (Å²) in [5.41, 5.74) is 5.41. The Kier molecular flexibility index (Phi) is 4.70. The summed E-state index contributed by atoms with van der Waals surface area (Å²) in [6, 6.07) is 26.1. The van der Waals surface area contributed by atoms with Gasteiger partial charge in [-0.05, 0) is 59.4 Å². The summed E-state index contributed by atoms with van der Waals surface area (Å²) >= 11 is 0. The van der Waals surface area contributed by atoms with Gasteiger partial charge in [-0.3, -0.25) is 0 Å². The Morgan fingerprint density at radius 1 is 0.645 bits per heavy atom. The standard InChI is InChI=1S/C27H26O4/c1-2-4-20-14-27(13-19(20)3-1,21-5-9-23(10-6-21)28-15-25-17-30-25)22-7-11-24(12-8-22)29-16-26-18-31-26/h1-12,25-26H,13-18H2. The molecular formula is C27H26O4. The topological polar surface area (TPSA) is 43.5 Å². The fourth-order valence-corrected chi connectivity index (χ4v) is 4.64. The predicted octanol–water partition coefficient (Wildman–Crippen LogP) is 4.33. The van der Waals surface area contributed by atoms with E-state index < -0.39 is 0 Å². The van der Waals surface area contributed by atoms with Crippen LogP contribution in [0.3, 0.4) is 0 Å². The van der Waals surface area contributed by atoms with E-state index in [1.165, 1.54) is 22.3 Å². The van der Waals surface area contributed by atoms with Crippen molar-refractivity contribution in [2.45, 2.75) is 30.5 Å². The Balaban J connectivity index is 1.29. The van der Waals surface area contributed by atoms with Crippen LogP contribution in [0.1, 0.15) is 22.3 Å². The van der Waals surface area contributed by atoms with Gasteiger partial charge in [-0.2, -0.15) is 0 Å². The first-order chi connectivity index (χ1) is 15.3. The Hall–Kier alpha value is -2.82. The molecule has 2 saturated heterocycles. The van der Waals surface area contributed by atoms with Crippen molar-refractivity contribution in [1.82, 2.24) is 0 Å². The second-order valence-corrected chi connectivity index (χ2v) is 8.79. The van der Waals surface area contributed by atoms with Crippen LogP contribution in [0.2, 0.25) is 0 Å². The van der Waals surface area contributed by atoms with Crippen molar-refractivity contribution in [3.05, 3.63) is 95.1 Å². The molecule has 4 nitrogen and oxygen atoms in total. The van der Waals surface area contributed by atoms with Crippen molar-refractivity contribution in [2.24, 2.45) is 0 Å². The first-order valence-corrected chi connectivity index (χ1v) is 11.1. The van der Waals surface area contributed by atoms with Crippen molar-refractivity contribution >= 4 is 0 Å². The molecule has 0 spiro atoms. The second-order valence-electron chi connectivity index (χ2n) is 8.79. The van der Waals surface area contributed by atoms with Crippen molar-refractivity contribution in [3.63, 3.8) is 0 Å². The van der Waals surface area contributed by atoms with Gasteiger partial charge in [0.25, 0.3) is 0 Å². The summed E-state index contributed by atoms with van der Waals surface area (Å²) in [5.74, 6) is 1.80. The zero-order valence-corrected chi connectivity index (χ0v) is 17.5. The minimum Gasteiger partial charge on any atom is -0.491 e. The van der Waals surface area contributed by atoms with Crippen LogP contribution in [0.15, 0.2) is 72.8 Å². The molecule has 2 heterocycles. The predicted molar refractivity (Wildman–Crippen MR) is 118 cm³/mol. The molecule has 3 aliphatic rings. The Bertz CT molecular complexity index is 963. The number of fused-ring (bicyclic) bond motifs is 1. The molecule has 2 unspecified atom stereocenters. The number of benzene rings is 3. The number of ether oxygens (including phenoxy) is 4. The van der Waals surface area contributed by atoms with E-state index in [2.05, 4.69) is 72.8 Å². The van der Waals surface area contributed by atoms with E-state index in [-0.39, 0.29) is 17.6 Å². The molecule has 0 aromatic heterocycles. The van der Waals surface area contributed by atoms with Gasteiger partial charge in [-0.25, -0.2) is 0 Å². The van der Waals surface area contributed by atoms with Gasteiger partial charge in [0.1, 0.15) is 36.9 Å². The monoisotopic (exact) mass is 414 g/mol. The lowest BCUT2D eigenvalue weighted by Gasteiger charge is -2.31. The summed E-state index contributed by atoms with van der Waals surface area (Å²) in [7, 11) is 0. The Morgan fingerprint density at radius 3 is 1.45 bits per heavy atom. The van der Waals surface area contributed by atoms with Gasteiger partial charge in [0.15, 0.2) is 0 Å². The Labute approximate surface area is 182 Å². The van der Waals surface area contributed by atoms with Crippen LogP contribution in [0.4, 0.5) is 0 Å². The smallest absolute Gasteiger partial charge is 0.119 e. The lowest BCUT2D eigenvalue weighted by molar-refractivity contribution is 0.263. The lowest BCUT2D eigenvalue weighted by Crippen LogP contribution is -2.28. The molecule has 0 bridgehead atoms. The van der Waals surface area contributed by atoms with Gasteiger partial charge >= 0.3 is 0 Å². The molecule has 2 aliphatic heterocycles. The van der Waals surface area contributed by atoms with E-state index in [0.29, 0.717) is 13.2 Å². The molecule has 0 radical (unpaired) electrons. The average Bonchev–Trinajstić information content (AvgIpc) is 3.75. The third-order valence-corrected chi connectivity index (χ3v) is 6.59. The van der Waals surface area contributed by atoms with Crippen molar-refractivity contribution in [2.75, 3.05) is 26.4 Å². The summed E-state index contributed by atoms with van der Waals surface area (Å²) in [6.45, 7) is 2.88. The molecule has 158 valence electrons. The highest BCUT2D eigenvalue weighted by Gasteiger charge is 2.40. The van der Waals surface area contributed by atoms with E-state index in [1.807, 2.05) is 0 Å². The van der Waals surface area contributed by atoms with Crippen LogP contribution >= 0.6 is 0 Å². The van der Waals surface area contributed by atoms with Gasteiger partial charge in [-0.15, -0.1) is 0 Å². The highest BCUT2D eigenvalue weighted by molar-refractivity contribution is 5.51. The van der Waals surface area contributed by atoms with Crippen LogP contribution in [0, 0.1) is 0 Å². The molecule has 4 heteroatoms. The van der Waals surface area contributed by atoms with E-state index in [4.69, 9.17) is 18.9 Å². The van der Waals surface area contributed by atoms with Gasteiger partial charge in [0, 0.05) is 5.41 Å². The molecule has 0 N–H and O–H groups in total. The zero-order valence-electron chi connectivity index (χ0n) is 17.5. The van der Waals surface area contributed by atoms with Gasteiger partial charge in [-0.1, -0.05) is 48.5 Å². The third kappa shape index (κ3) is 3.93. The van der Waals surface area contributed by atoms with Crippen LogP contribution < -0.4 is 9.47 Å². The van der Waals surface area contributed by atoms with E-state index >= 15 is 0 Å². The number of rotatable bonds is 8. The van der Waals surface area contributed by atoms with Crippen molar-refractivity contribution < 1.29 is 18.9 Å². The van der Waals surface area contributed by atoms with Gasteiger partial charge in [0.05, 0.1) is 13.2 Å². The first kappa shape index (κ1) is 18.9. The molecule has 3 aromatic carbocycles. The van der Waals surface area contributed by atoms with Crippen LogP contribution in [0.25, 0.3) is 0 Å². The van der Waals surface area contributed by atoms with Gasteiger partial charge in [0.2, 0.25) is 0 Å². The Morgan fingerprint density at radius 2 is 1.06 bits per heavy atom. The highest BCUT2D eigenvalue weighted by atomic mass is 16.6. The minimum absolute atomic E-state index is 0.0834. The molecule has 1 aliphatic carbocycles. The quantitative estimate of drug-likeness (QED) is 0.515. The van der Waals surface area contributed by atoms with Crippen LogP contribution in [-0.4, -0.2) is 38.6 Å². The third-order valence-electron chi connectivity index (χ3n) is 6.59. The highest BCUT2D eigenvalue weighted by Crippen LogP contribution is 2.45. The number of hydrogen-bond donors (Lipinski definition) is 0. The normalized spacial score (nSPS) is 22.6. The summed E-state index contributed by atoms with van der Waals surface area (Å²) < 4.78 is 22.2. The second kappa shape index (κ2) is 7.70. The fourth-order valence-electron chi connectivity index (χ4n) is 4.64. The molecule has 31 heavy (non-hydrogen) atoms. The first-order valence-electron chi connectivity index (χ1n) is 11.1. The maximum Gasteiger partial charge on any atom is 0.119 e. The molecule has 0 saturated carbocycles. The van der Waals surface area contributed by atoms with E-state index in [0.717, 1.165) is 37.6 Å². The van der Waals surface area contributed by atoms with Gasteiger partial charge < -0.3 is 18.9 Å². The maximum absolute atomic E-state index is 5.86. The molecule has 3 aromatic rings. The van der Waals surface area contributed by atoms with Crippen molar-refractivity contribution in [1.29, 1.82) is 0 Å². The minimum atomic E-state index is -0.0834. The molecule has 2 fully saturated rings. The fraction of sp³-hybridized carbons (Fsp3) is 0.333. The average molecular weight is 415 g/mol. The van der Waals surface area contributed by atoms with E-state index in [9.17, 15) is 0 Å². The molecule has 6 rings (SSSR count). The number of hydrogen-bond acceptors (Lipinski definition) is 4. The largest absolute Gasteiger partial charge is 0.491 e. The maximum atomic E-state index is 5.86. The number of epoxide rings is 2. The summed E-state index contributed by atoms with van der Waals surface area (Å²) in [6.07, 6.45) is 2.52. The summed E-state index contributed by atoms with van der Waals surface area (Å²) in [4.78, 5) is 0.